The van der Waals surface area contributed by atoms with Crippen LogP contribution in [0.1, 0.15) is 19.8 Å². The van der Waals surface area contributed by atoms with E-state index in [-0.39, 0.29) is 12.1 Å². The summed E-state index contributed by atoms with van der Waals surface area (Å²) in [5, 5.41) is 9.39. The molecule has 0 radical (unpaired) electrons. The molecule has 0 heterocycles. The van der Waals surface area contributed by atoms with Crippen LogP contribution in [-0.4, -0.2) is 23.3 Å². The number of rotatable bonds is 1. The number of carbonyl (C=O) groups is 1. The summed E-state index contributed by atoms with van der Waals surface area (Å²) in [6.07, 6.45) is 7.75. The molecule has 72 valence electrons. The van der Waals surface area contributed by atoms with E-state index in [2.05, 4.69) is 0 Å². The Bertz CT molecular complexity index is 230. The van der Waals surface area contributed by atoms with Crippen molar-refractivity contribution in [1.29, 1.82) is 0 Å². The first kappa shape index (κ1) is 9.99. The van der Waals surface area contributed by atoms with Crippen LogP contribution in [0.15, 0.2) is 24.3 Å². The molecule has 0 spiro atoms. The second-order valence-corrected chi connectivity index (χ2v) is 3.04. The Kier molecular flexibility index (Phi) is 3.71. The maximum Gasteiger partial charge on any atom is 0.303 e. The van der Waals surface area contributed by atoms with Crippen molar-refractivity contribution in [2.75, 3.05) is 0 Å². The molecule has 1 aliphatic carbocycles. The molecule has 0 aliphatic heterocycles. The summed E-state index contributed by atoms with van der Waals surface area (Å²) in [6.45, 7) is 1.37. The summed E-state index contributed by atoms with van der Waals surface area (Å²) in [4.78, 5) is 10.7. The monoisotopic (exact) mass is 182 g/mol. The Morgan fingerprint density at radius 1 is 1.46 bits per heavy atom. The summed E-state index contributed by atoms with van der Waals surface area (Å²) in [6, 6.07) is 0. The predicted molar refractivity (Wildman–Crippen MR) is 49.1 cm³/mol. The number of aliphatic hydroxyl groups excluding tert-OH is 1. The van der Waals surface area contributed by atoms with Crippen LogP contribution in [0.3, 0.4) is 0 Å². The molecule has 0 aromatic heterocycles. The Morgan fingerprint density at radius 3 is 2.85 bits per heavy atom. The molecular formula is C10H14O3. The highest BCUT2D eigenvalue weighted by molar-refractivity contribution is 5.66. The van der Waals surface area contributed by atoms with E-state index in [4.69, 9.17) is 4.74 Å². The number of carbonyl (C=O) groups excluding carboxylic acids is 1. The second kappa shape index (κ2) is 4.82. The van der Waals surface area contributed by atoms with Gasteiger partial charge in [-0.3, -0.25) is 4.79 Å². The van der Waals surface area contributed by atoms with Crippen LogP contribution in [0, 0.1) is 0 Å². The van der Waals surface area contributed by atoms with Crippen molar-refractivity contribution >= 4 is 5.97 Å². The summed E-state index contributed by atoms with van der Waals surface area (Å²) in [7, 11) is 0. The van der Waals surface area contributed by atoms with Crippen LogP contribution >= 0.6 is 0 Å². The highest BCUT2D eigenvalue weighted by Crippen LogP contribution is 2.10. The van der Waals surface area contributed by atoms with Crippen molar-refractivity contribution in [1.82, 2.24) is 0 Å². The first-order chi connectivity index (χ1) is 6.18. The van der Waals surface area contributed by atoms with Crippen molar-refractivity contribution in [3.05, 3.63) is 24.3 Å². The van der Waals surface area contributed by atoms with Gasteiger partial charge in [0, 0.05) is 13.3 Å². The van der Waals surface area contributed by atoms with Gasteiger partial charge in [0.2, 0.25) is 0 Å². The summed E-state index contributed by atoms with van der Waals surface area (Å²) < 4.78 is 4.98. The zero-order valence-corrected chi connectivity index (χ0v) is 7.64. The molecule has 0 saturated carbocycles. The van der Waals surface area contributed by atoms with E-state index in [0.29, 0.717) is 6.42 Å². The molecular weight excluding hydrogens is 168 g/mol. The molecule has 13 heavy (non-hydrogen) atoms. The fourth-order valence-electron chi connectivity index (χ4n) is 1.24. The normalized spacial score (nSPS) is 32.8. The molecule has 0 fully saturated rings. The van der Waals surface area contributed by atoms with Crippen LogP contribution in [0.4, 0.5) is 0 Å². The van der Waals surface area contributed by atoms with E-state index in [0.717, 1.165) is 6.42 Å². The van der Waals surface area contributed by atoms with Crippen LogP contribution in [0.25, 0.3) is 0 Å². The molecule has 0 aromatic carbocycles. The Balaban J connectivity index is 2.53. The van der Waals surface area contributed by atoms with E-state index in [1.807, 2.05) is 18.2 Å². The lowest BCUT2D eigenvalue weighted by molar-refractivity contribution is -0.144. The van der Waals surface area contributed by atoms with Gasteiger partial charge in [-0.05, 0) is 12.5 Å². The zero-order valence-electron chi connectivity index (χ0n) is 7.64. The first-order valence-electron chi connectivity index (χ1n) is 4.37. The van der Waals surface area contributed by atoms with Gasteiger partial charge in [0.05, 0.1) is 6.10 Å². The maximum absolute atomic E-state index is 10.7. The van der Waals surface area contributed by atoms with Crippen molar-refractivity contribution in [3.8, 4) is 0 Å². The number of hydrogen-bond acceptors (Lipinski definition) is 3. The average molecular weight is 182 g/mol. The molecule has 1 N–H and O–H groups in total. The van der Waals surface area contributed by atoms with Gasteiger partial charge in [-0.15, -0.1) is 0 Å². The van der Waals surface area contributed by atoms with Crippen LogP contribution < -0.4 is 0 Å². The molecule has 2 unspecified atom stereocenters. The molecule has 0 bridgehead atoms. The predicted octanol–water partition coefficient (Wildman–Crippen LogP) is 1.19. The van der Waals surface area contributed by atoms with Gasteiger partial charge >= 0.3 is 5.97 Å². The van der Waals surface area contributed by atoms with Crippen LogP contribution in [-0.2, 0) is 9.53 Å². The van der Waals surface area contributed by atoms with Gasteiger partial charge in [0.25, 0.3) is 0 Å². The topological polar surface area (TPSA) is 46.5 Å². The van der Waals surface area contributed by atoms with Gasteiger partial charge in [-0.25, -0.2) is 0 Å². The number of ether oxygens (including phenoxy) is 1. The zero-order chi connectivity index (χ0) is 9.68. The average Bonchev–Trinajstić information content (AvgIpc) is 1.98. The summed E-state index contributed by atoms with van der Waals surface area (Å²) in [5.41, 5.74) is 0. The third kappa shape index (κ3) is 3.90. The quantitative estimate of drug-likeness (QED) is 0.489. The van der Waals surface area contributed by atoms with Gasteiger partial charge in [-0.1, -0.05) is 18.2 Å². The van der Waals surface area contributed by atoms with Crippen molar-refractivity contribution < 1.29 is 14.6 Å². The minimum atomic E-state index is -0.519. The lowest BCUT2D eigenvalue weighted by atomic mass is 10.1. The number of aliphatic hydroxyl groups is 1. The molecule has 0 aromatic rings. The second-order valence-electron chi connectivity index (χ2n) is 3.04. The summed E-state index contributed by atoms with van der Waals surface area (Å²) in [5.74, 6) is -0.314. The van der Waals surface area contributed by atoms with E-state index in [1.165, 1.54) is 6.92 Å². The molecule has 0 saturated heterocycles. The molecule has 1 aliphatic rings. The molecule has 3 nitrogen and oxygen atoms in total. The fraction of sp³-hybridized carbons (Fsp3) is 0.500. The fourth-order valence-corrected chi connectivity index (χ4v) is 1.24. The smallest absolute Gasteiger partial charge is 0.303 e. The molecule has 1 rings (SSSR count). The maximum atomic E-state index is 10.7. The van der Waals surface area contributed by atoms with Crippen LogP contribution in [0.2, 0.25) is 0 Å². The van der Waals surface area contributed by atoms with Crippen molar-refractivity contribution in [3.63, 3.8) is 0 Å². The van der Waals surface area contributed by atoms with Gasteiger partial charge < -0.3 is 9.84 Å². The molecule has 3 heteroatoms. The number of esters is 1. The lowest BCUT2D eigenvalue weighted by Crippen LogP contribution is -2.20. The minimum absolute atomic E-state index is 0.294. The Morgan fingerprint density at radius 2 is 2.15 bits per heavy atom. The molecule has 0 amide bonds. The minimum Gasteiger partial charge on any atom is -0.458 e. The first-order valence-corrected chi connectivity index (χ1v) is 4.37. The van der Waals surface area contributed by atoms with E-state index in [9.17, 15) is 9.90 Å². The Labute approximate surface area is 77.7 Å². The molecule has 2 atom stereocenters. The van der Waals surface area contributed by atoms with E-state index >= 15 is 0 Å². The van der Waals surface area contributed by atoms with Gasteiger partial charge in [0.15, 0.2) is 0 Å². The van der Waals surface area contributed by atoms with Crippen LogP contribution in [0.5, 0.6) is 0 Å². The number of hydrogen-bond donors (Lipinski definition) is 1. The number of allylic oxidation sites excluding steroid dienone is 2. The lowest BCUT2D eigenvalue weighted by Gasteiger charge is -2.16. The van der Waals surface area contributed by atoms with Crippen molar-refractivity contribution in [2.45, 2.75) is 32.0 Å². The standard InChI is InChI=1S/C10H14O3/c1-8(11)13-10-6-4-2-3-5-9(12)7-10/h3-6,9-10,12H,2,7H2,1H3/b5-3-,6-4-. The largest absolute Gasteiger partial charge is 0.458 e. The SMILES string of the molecule is CC(=O)OC1/C=C\C/C=C\C(O)C1. The van der Waals surface area contributed by atoms with Gasteiger partial charge in [0.1, 0.15) is 6.10 Å². The third-order valence-electron chi connectivity index (χ3n) is 1.77. The van der Waals surface area contributed by atoms with E-state index < -0.39 is 6.10 Å². The summed E-state index contributed by atoms with van der Waals surface area (Å²) >= 11 is 0. The van der Waals surface area contributed by atoms with Crippen molar-refractivity contribution in [2.24, 2.45) is 0 Å². The third-order valence-corrected chi connectivity index (χ3v) is 1.77. The van der Waals surface area contributed by atoms with Gasteiger partial charge in [-0.2, -0.15) is 0 Å². The Hall–Kier alpha value is -1.09. The highest BCUT2D eigenvalue weighted by atomic mass is 16.5. The van der Waals surface area contributed by atoms with E-state index in [1.54, 1.807) is 6.08 Å². The highest BCUT2D eigenvalue weighted by Gasteiger charge is 2.13.